The topological polar surface area (TPSA) is 85.4 Å². The largest absolute Gasteiger partial charge is 0.482 e. The van der Waals surface area contributed by atoms with Gasteiger partial charge in [-0.1, -0.05) is 12.1 Å². The summed E-state index contributed by atoms with van der Waals surface area (Å²) in [7, 11) is 0. The Hall–Kier alpha value is -2.83. The second-order valence-corrected chi connectivity index (χ2v) is 5.40. The van der Waals surface area contributed by atoms with Gasteiger partial charge in [0, 0.05) is 11.4 Å². The summed E-state index contributed by atoms with van der Waals surface area (Å²) in [4.78, 5) is 20.7. The molecule has 7 heteroatoms. The van der Waals surface area contributed by atoms with E-state index in [1.54, 1.807) is 13.0 Å². The van der Waals surface area contributed by atoms with Gasteiger partial charge in [-0.15, -0.1) is 0 Å². The highest BCUT2D eigenvalue weighted by Crippen LogP contribution is 2.33. The van der Waals surface area contributed by atoms with Crippen molar-refractivity contribution in [2.75, 3.05) is 5.43 Å². The SMILES string of the molecule is Cc1cc(C)nc(NNC(=O)[C@H]2Oc3ccccc3O[C@@H]2C)n1. The molecule has 0 fully saturated rings. The quantitative estimate of drug-likeness (QED) is 0.840. The Morgan fingerprint density at radius 2 is 1.70 bits per heavy atom. The van der Waals surface area contributed by atoms with Gasteiger partial charge in [0.05, 0.1) is 0 Å². The van der Waals surface area contributed by atoms with Gasteiger partial charge in [0.1, 0.15) is 6.10 Å². The smallest absolute Gasteiger partial charge is 0.283 e. The number of nitrogens with zero attached hydrogens (tertiary/aromatic N) is 2. The van der Waals surface area contributed by atoms with Crippen LogP contribution in [0.2, 0.25) is 0 Å². The maximum atomic E-state index is 12.3. The van der Waals surface area contributed by atoms with E-state index in [0.717, 1.165) is 11.4 Å². The highest BCUT2D eigenvalue weighted by molar-refractivity contribution is 5.83. The van der Waals surface area contributed by atoms with Gasteiger partial charge in [-0.3, -0.25) is 15.6 Å². The van der Waals surface area contributed by atoms with Crippen molar-refractivity contribution in [1.82, 2.24) is 15.4 Å². The highest BCUT2D eigenvalue weighted by atomic mass is 16.6. The number of carbonyl (C=O) groups excluding carboxylic acids is 1. The minimum absolute atomic E-state index is 0.334. The molecule has 0 saturated heterocycles. The number of hydrogen-bond donors (Lipinski definition) is 2. The molecule has 2 atom stereocenters. The van der Waals surface area contributed by atoms with Crippen molar-refractivity contribution in [3.05, 3.63) is 41.7 Å². The molecule has 0 aliphatic carbocycles. The third-order valence-corrected chi connectivity index (χ3v) is 3.38. The number of rotatable bonds is 3. The van der Waals surface area contributed by atoms with Crippen molar-refractivity contribution in [3.8, 4) is 11.5 Å². The number of para-hydroxylation sites is 2. The molecule has 0 unspecified atom stereocenters. The summed E-state index contributed by atoms with van der Waals surface area (Å²) >= 11 is 0. The van der Waals surface area contributed by atoms with Crippen LogP contribution in [0.3, 0.4) is 0 Å². The first-order valence-corrected chi connectivity index (χ1v) is 7.33. The van der Waals surface area contributed by atoms with Gasteiger partial charge in [0.2, 0.25) is 12.1 Å². The van der Waals surface area contributed by atoms with Crippen LogP contribution in [0.25, 0.3) is 0 Å². The number of hydrogen-bond acceptors (Lipinski definition) is 6. The van der Waals surface area contributed by atoms with Crippen molar-refractivity contribution in [2.45, 2.75) is 33.0 Å². The molecule has 120 valence electrons. The molecule has 2 heterocycles. The molecule has 23 heavy (non-hydrogen) atoms. The molecule has 0 bridgehead atoms. The molecule has 1 aliphatic rings. The van der Waals surface area contributed by atoms with Crippen LogP contribution in [-0.2, 0) is 4.79 Å². The number of anilines is 1. The molecule has 0 spiro atoms. The Bertz CT molecular complexity index is 715. The van der Waals surface area contributed by atoms with E-state index < -0.39 is 12.2 Å². The fourth-order valence-corrected chi connectivity index (χ4v) is 2.38. The molecule has 1 aromatic heterocycles. The molecule has 0 radical (unpaired) electrons. The number of aryl methyl sites for hydroxylation is 2. The van der Waals surface area contributed by atoms with Crippen LogP contribution in [0.4, 0.5) is 5.95 Å². The Kier molecular flexibility index (Phi) is 4.01. The van der Waals surface area contributed by atoms with E-state index in [-0.39, 0.29) is 5.91 Å². The van der Waals surface area contributed by atoms with E-state index in [0.29, 0.717) is 17.4 Å². The maximum absolute atomic E-state index is 12.3. The molecule has 1 aliphatic heterocycles. The zero-order valence-corrected chi connectivity index (χ0v) is 13.2. The fourth-order valence-electron chi connectivity index (χ4n) is 2.38. The van der Waals surface area contributed by atoms with Crippen molar-refractivity contribution in [3.63, 3.8) is 0 Å². The standard InChI is InChI=1S/C16H18N4O3/c1-9-8-10(2)18-16(17-9)20-19-15(21)14-11(3)22-12-6-4-5-7-13(12)23-14/h4-8,11,14H,1-3H3,(H,19,21)(H,17,18,20)/t11-,14+/m1/s1. The Morgan fingerprint density at radius 1 is 1.09 bits per heavy atom. The lowest BCUT2D eigenvalue weighted by molar-refractivity contribution is -0.132. The van der Waals surface area contributed by atoms with Gasteiger partial charge < -0.3 is 9.47 Å². The maximum Gasteiger partial charge on any atom is 0.283 e. The van der Waals surface area contributed by atoms with E-state index in [2.05, 4.69) is 20.8 Å². The lowest BCUT2D eigenvalue weighted by Gasteiger charge is -2.30. The zero-order chi connectivity index (χ0) is 16.4. The van der Waals surface area contributed by atoms with Crippen LogP contribution in [0.15, 0.2) is 30.3 Å². The third-order valence-electron chi connectivity index (χ3n) is 3.38. The van der Waals surface area contributed by atoms with E-state index in [4.69, 9.17) is 9.47 Å². The first kappa shape index (κ1) is 15.1. The average Bonchev–Trinajstić information content (AvgIpc) is 2.51. The highest BCUT2D eigenvalue weighted by Gasteiger charge is 2.34. The van der Waals surface area contributed by atoms with Gasteiger partial charge in [-0.2, -0.15) is 0 Å². The minimum Gasteiger partial charge on any atom is -0.482 e. The first-order chi connectivity index (χ1) is 11.0. The van der Waals surface area contributed by atoms with Crippen LogP contribution in [0, 0.1) is 13.8 Å². The number of hydrazine groups is 1. The summed E-state index contributed by atoms with van der Waals surface area (Å²) in [6, 6.07) is 9.11. The normalized spacial score (nSPS) is 19.1. The van der Waals surface area contributed by atoms with Crippen LogP contribution in [0.5, 0.6) is 11.5 Å². The number of benzene rings is 1. The molecular formula is C16H18N4O3. The Labute approximate surface area is 134 Å². The molecule has 1 aromatic carbocycles. The number of nitrogens with one attached hydrogen (secondary N) is 2. The summed E-state index contributed by atoms with van der Waals surface area (Å²) < 4.78 is 11.4. The number of ether oxygens (including phenoxy) is 2. The van der Waals surface area contributed by atoms with Gasteiger partial charge in [0.25, 0.3) is 5.91 Å². The predicted octanol–water partition coefficient (Wildman–Crippen LogP) is 1.77. The van der Waals surface area contributed by atoms with Crippen molar-refractivity contribution >= 4 is 11.9 Å². The minimum atomic E-state index is -0.761. The molecule has 1 amide bonds. The van der Waals surface area contributed by atoms with Crippen LogP contribution in [0.1, 0.15) is 18.3 Å². The lowest BCUT2D eigenvalue weighted by Crippen LogP contribution is -2.50. The molecule has 7 nitrogen and oxygen atoms in total. The predicted molar refractivity (Wildman–Crippen MR) is 84.2 cm³/mol. The van der Waals surface area contributed by atoms with E-state index in [1.165, 1.54) is 0 Å². The summed E-state index contributed by atoms with van der Waals surface area (Å²) in [5.41, 5.74) is 6.90. The van der Waals surface area contributed by atoms with Crippen LogP contribution >= 0.6 is 0 Å². The second-order valence-electron chi connectivity index (χ2n) is 5.40. The monoisotopic (exact) mass is 314 g/mol. The van der Waals surface area contributed by atoms with Crippen molar-refractivity contribution < 1.29 is 14.3 Å². The zero-order valence-electron chi connectivity index (χ0n) is 13.2. The lowest BCUT2D eigenvalue weighted by atomic mass is 10.1. The summed E-state index contributed by atoms with van der Waals surface area (Å²) in [6.45, 7) is 5.51. The summed E-state index contributed by atoms with van der Waals surface area (Å²) in [5.74, 6) is 1.17. The average molecular weight is 314 g/mol. The first-order valence-electron chi connectivity index (χ1n) is 7.33. The number of fused-ring (bicyclic) bond motifs is 1. The van der Waals surface area contributed by atoms with E-state index in [1.807, 2.05) is 38.1 Å². The van der Waals surface area contributed by atoms with E-state index in [9.17, 15) is 4.79 Å². The molecule has 3 rings (SSSR count). The summed E-state index contributed by atoms with van der Waals surface area (Å²) in [5, 5.41) is 0. The number of aromatic nitrogens is 2. The van der Waals surface area contributed by atoms with Crippen molar-refractivity contribution in [2.24, 2.45) is 0 Å². The number of amides is 1. The van der Waals surface area contributed by atoms with Crippen LogP contribution < -0.4 is 20.3 Å². The fraction of sp³-hybridized carbons (Fsp3) is 0.312. The number of carbonyl (C=O) groups is 1. The van der Waals surface area contributed by atoms with Gasteiger partial charge >= 0.3 is 0 Å². The molecule has 2 aromatic rings. The second kappa shape index (κ2) is 6.12. The summed E-state index contributed by atoms with van der Waals surface area (Å²) in [6.07, 6.45) is -1.17. The molecule has 0 saturated carbocycles. The van der Waals surface area contributed by atoms with Gasteiger partial charge in [-0.25, -0.2) is 9.97 Å². The Balaban J connectivity index is 1.66. The van der Waals surface area contributed by atoms with Crippen molar-refractivity contribution in [1.29, 1.82) is 0 Å². The third kappa shape index (κ3) is 3.33. The Morgan fingerprint density at radius 3 is 2.35 bits per heavy atom. The van der Waals surface area contributed by atoms with Crippen LogP contribution in [-0.4, -0.2) is 28.1 Å². The van der Waals surface area contributed by atoms with Gasteiger partial charge in [-0.05, 0) is 39.0 Å². The molecular weight excluding hydrogens is 296 g/mol. The molecule has 2 N–H and O–H groups in total. The van der Waals surface area contributed by atoms with Gasteiger partial charge in [0.15, 0.2) is 11.5 Å². The van der Waals surface area contributed by atoms with E-state index >= 15 is 0 Å².